The second-order valence-corrected chi connectivity index (χ2v) is 5.80. The number of aryl methyl sites for hydroxylation is 2. The minimum absolute atomic E-state index is 0.0680. The van der Waals surface area contributed by atoms with Crippen LogP contribution in [0.2, 0.25) is 0 Å². The van der Waals surface area contributed by atoms with Gasteiger partial charge >= 0.3 is 0 Å². The number of nitrogens with zero attached hydrogens (tertiary/aromatic N) is 2. The molecule has 3 rings (SSSR count). The number of aromatic nitrogens is 2. The molecule has 2 heterocycles. The molecule has 1 aromatic heterocycles. The van der Waals surface area contributed by atoms with Crippen molar-refractivity contribution in [2.75, 3.05) is 6.79 Å². The Balaban J connectivity index is 1.58. The lowest BCUT2D eigenvalue weighted by Gasteiger charge is -2.13. The van der Waals surface area contributed by atoms with Gasteiger partial charge in [0.1, 0.15) is 0 Å². The fraction of sp³-hybridized carbons (Fsp3) is 0.333. The van der Waals surface area contributed by atoms with E-state index in [1.54, 1.807) is 18.2 Å². The predicted molar refractivity (Wildman–Crippen MR) is 88.7 cm³/mol. The highest BCUT2D eigenvalue weighted by molar-refractivity contribution is 5.94. The van der Waals surface area contributed by atoms with Crippen LogP contribution >= 0.6 is 0 Å². The summed E-state index contributed by atoms with van der Waals surface area (Å²) in [5.74, 6) is 6.47. The minimum Gasteiger partial charge on any atom is -0.454 e. The predicted octanol–water partition coefficient (Wildman–Crippen LogP) is 1.79. The highest BCUT2D eigenvalue weighted by atomic mass is 16.7. The Bertz CT molecular complexity index is 830. The summed E-state index contributed by atoms with van der Waals surface area (Å²) in [6.07, 6.45) is 0. The first kappa shape index (κ1) is 15.9. The van der Waals surface area contributed by atoms with Crippen molar-refractivity contribution in [1.29, 1.82) is 0 Å². The molecule has 0 saturated carbocycles. The lowest BCUT2D eigenvalue weighted by Crippen LogP contribution is -2.35. The van der Waals surface area contributed by atoms with E-state index in [1.165, 1.54) is 0 Å². The molecule has 1 aromatic carbocycles. The first-order chi connectivity index (χ1) is 11.5. The van der Waals surface area contributed by atoms with Gasteiger partial charge in [0.2, 0.25) is 6.79 Å². The molecule has 0 saturated heterocycles. The zero-order chi connectivity index (χ0) is 17.1. The van der Waals surface area contributed by atoms with Crippen LogP contribution in [0.5, 0.6) is 11.5 Å². The number of amides is 1. The van der Waals surface area contributed by atoms with Gasteiger partial charge < -0.3 is 14.8 Å². The third-order valence-corrected chi connectivity index (χ3v) is 3.62. The van der Waals surface area contributed by atoms with Crippen molar-refractivity contribution in [3.63, 3.8) is 0 Å². The van der Waals surface area contributed by atoms with Crippen LogP contribution in [0.25, 0.3) is 0 Å². The Kier molecular flexibility index (Phi) is 4.43. The first-order valence-electron chi connectivity index (χ1n) is 7.74. The first-order valence-corrected chi connectivity index (χ1v) is 7.74. The monoisotopic (exact) mass is 325 g/mol. The number of hydrogen-bond donors (Lipinski definition) is 1. The molecule has 1 aliphatic rings. The van der Waals surface area contributed by atoms with Crippen molar-refractivity contribution in [2.45, 2.75) is 33.4 Å². The van der Waals surface area contributed by atoms with Gasteiger partial charge in [0.25, 0.3) is 5.91 Å². The molecule has 124 valence electrons. The third-order valence-electron chi connectivity index (χ3n) is 3.62. The number of carbonyl (C=O) groups excluding carboxylic acids is 1. The van der Waals surface area contributed by atoms with Crippen LogP contribution < -0.4 is 14.8 Å². The fourth-order valence-electron chi connectivity index (χ4n) is 2.53. The van der Waals surface area contributed by atoms with Crippen LogP contribution in [0, 0.1) is 25.7 Å². The Labute approximate surface area is 140 Å². The van der Waals surface area contributed by atoms with Gasteiger partial charge in [-0.05, 0) is 45.0 Å². The van der Waals surface area contributed by atoms with Crippen LogP contribution in [0.15, 0.2) is 24.3 Å². The van der Waals surface area contributed by atoms with E-state index in [2.05, 4.69) is 22.3 Å². The molecule has 0 fully saturated rings. The van der Waals surface area contributed by atoms with Gasteiger partial charge in [0.05, 0.1) is 12.2 Å². The number of benzene rings is 1. The summed E-state index contributed by atoms with van der Waals surface area (Å²) in [6.45, 7) is 6.70. The van der Waals surface area contributed by atoms with Crippen molar-refractivity contribution < 1.29 is 14.3 Å². The van der Waals surface area contributed by atoms with Crippen LogP contribution in [0.4, 0.5) is 0 Å². The smallest absolute Gasteiger partial charge is 0.296 e. The molecule has 0 radical (unpaired) electrons. The topological polar surface area (TPSA) is 65.4 Å². The van der Waals surface area contributed by atoms with Crippen molar-refractivity contribution in [2.24, 2.45) is 0 Å². The molecular weight excluding hydrogens is 306 g/mol. The molecular formula is C18H19N3O3. The van der Waals surface area contributed by atoms with E-state index in [-0.39, 0.29) is 18.7 Å². The van der Waals surface area contributed by atoms with E-state index in [1.807, 2.05) is 31.5 Å². The second-order valence-electron chi connectivity index (χ2n) is 5.80. The highest BCUT2D eigenvalue weighted by Crippen LogP contribution is 2.32. The van der Waals surface area contributed by atoms with E-state index in [0.717, 1.165) is 11.4 Å². The third kappa shape index (κ3) is 3.69. The van der Waals surface area contributed by atoms with E-state index in [4.69, 9.17) is 9.47 Å². The van der Waals surface area contributed by atoms with Crippen molar-refractivity contribution in [1.82, 2.24) is 15.1 Å². The summed E-state index contributed by atoms with van der Waals surface area (Å²) >= 11 is 0. The number of ether oxygens (including phenoxy) is 2. The normalized spacial score (nSPS) is 13.1. The molecule has 1 N–H and O–H groups in total. The lowest BCUT2D eigenvalue weighted by atomic mass is 10.2. The molecule has 1 atom stereocenters. The summed E-state index contributed by atoms with van der Waals surface area (Å²) in [6, 6.07) is 7.29. The molecule has 1 aliphatic heterocycles. The summed E-state index contributed by atoms with van der Waals surface area (Å²) < 4.78 is 12.4. The second kappa shape index (κ2) is 6.67. The molecule has 24 heavy (non-hydrogen) atoms. The number of carbonyl (C=O) groups is 1. The number of hydrogen-bond acceptors (Lipinski definition) is 4. The van der Waals surface area contributed by atoms with Gasteiger partial charge in [-0.3, -0.25) is 9.48 Å². The van der Waals surface area contributed by atoms with Crippen LogP contribution in [0.1, 0.15) is 23.9 Å². The maximum Gasteiger partial charge on any atom is 0.296 e. The number of nitrogens with one attached hydrogen (secondary N) is 1. The van der Waals surface area contributed by atoms with E-state index >= 15 is 0 Å². The molecule has 6 nitrogen and oxygen atoms in total. The van der Waals surface area contributed by atoms with Crippen molar-refractivity contribution in [3.05, 3.63) is 41.2 Å². The van der Waals surface area contributed by atoms with Crippen LogP contribution in [-0.4, -0.2) is 28.5 Å². The summed E-state index contributed by atoms with van der Waals surface area (Å²) in [4.78, 5) is 12.0. The number of rotatable bonds is 3. The highest BCUT2D eigenvalue weighted by Gasteiger charge is 2.12. The fourth-order valence-corrected chi connectivity index (χ4v) is 2.53. The van der Waals surface area contributed by atoms with Crippen molar-refractivity contribution >= 4 is 5.91 Å². The Morgan fingerprint density at radius 3 is 2.88 bits per heavy atom. The van der Waals surface area contributed by atoms with Gasteiger partial charge in [-0.25, -0.2) is 0 Å². The lowest BCUT2D eigenvalue weighted by molar-refractivity contribution is -0.116. The largest absolute Gasteiger partial charge is 0.454 e. The molecule has 0 spiro atoms. The molecule has 6 heteroatoms. The van der Waals surface area contributed by atoms with Gasteiger partial charge in [-0.2, -0.15) is 5.10 Å². The average Bonchev–Trinajstić information content (AvgIpc) is 3.11. The Hall–Kier alpha value is -2.94. The van der Waals surface area contributed by atoms with Gasteiger partial charge in [-0.1, -0.05) is 5.92 Å². The van der Waals surface area contributed by atoms with E-state index in [0.29, 0.717) is 23.6 Å². The maximum absolute atomic E-state index is 12.0. The van der Waals surface area contributed by atoms with Crippen LogP contribution in [-0.2, 0) is 11.3 Å². The SMILES string of the molecule is Cc1cc(C)n(CC(C)NC(=O)C#Cc2ccc3c(c2)OCO3)n1. The van der Waals surface area contributed by atoms with Crippen molar-refractivity contribution in [3.8, 4) is 23.3 Å². The van der Waals surface area contributed by atoms with E-state index in [9.17, 15) is 4.79 Å². The standard InChI is InChI=1S/C18H19N3O3/c1-12-8-14(3)21(20-12)10-13(2)19-18(22)7-5-15-4-6-16-17(9-15)24-11-23-16/h4,6,8-9,13H,10-11H2,1-3H3,(H,19,22). The summed E-state index contributed by atoms with van der Waals surface area (Å²) in [7, 11) is 0. The average molecular weight is 325 g/mol. The van der Waals surface area contributed by atoms with Crippen LogP contribution in [0.3, 0.4) is 0 Å². The summed E-state index contributed by atoms with van der Waals surface area (Å²) in [5, 5.41) is 7.25. The Morgan fingerprint density at radius 2 is 2.12 bits per heavy atom. The molecule has 0 aliphatic carbocycles. The quantitative estimate of drug-likeness (QED) is 0.874. The molecule has 2 aromatic rings. The van der Waals surface area contributed by atoms with Gasteiger partial charge in [-0.15, -0.1) is 0 Å². The molecule has 1 unspecified atom stereocenters. The zero-order valence-corrected chi connectivity index (χ0v) is 13.9. The maximum atomic E-state index is 12.0. The molecule has 0 bridgehead atoms. The number of fused-ring (bicyclic) bond motifs is 1. The van der Waals surface area contributed by atoms with Gasteiger partial charge in [0, 0.05) is 23.2 Å². The summed E-state index contributed by atoms with van der Waals surface area (Å²) in [5.41, 5.74) is 2.74. The van der Waals surface area contributed by atoms with E-state index < -0.39 is 0 Å². The minimum atomic E-state index is -0.318. The zero-order valence-electron chi connectivity index (χ0n) is 13.9. The van der Waals surface area contributed by atoms with Gasteiger partial charge in [0.15, 0.2) is 11.5 Å². The Morgan fingerprint density at radius 1 is 1.33 bits per heavy atom. The molecule has 1 amide bonds.